The van der Waals surface area contributed by atoms with Crippen LogP contribution in [-0.4, -0.2) is 46.1 Å². The molecular weight excluding hydrogens is 344 g/mol. The Kier molecular flexibility index (Phi) is 4.91. The summed E-state index contributed by atoms with van der Waals surface area (Å²) in [6.07, 6.45) is 3.07. The van der Waals surface area contributed by atoms with Crippen LogP contribution in [0, 0.1) is 0 Å². The first-order chi connectivity index (χ1) is 9.49. The number of halogens is 2. The number of pyridine rings is 1. The number of nitrogens with zero attached hydrogens (tertiary/aromatic N) is 4. The molecule has 0 unspecified atom stereocenters. The molecule has 0 aliphatic heterocycles. The highest BCUT2D eigenvalue weighted by atomic mass is 79.9. The van der Waals surface area contributed by atoms with Crippen molar-refractivity contribution in [2.24, 2.45) is 0 Å². The Morgan fingerprint density at radius 3 is 2.75 bits per heavy atom. The van der Waals surface area contributed by atoms with E-state index in [4.69, 9.17) is 11.6 Å². The zero-order chi connectivity index (χ0) is 14.7. The molecule has 0 spiro atoms. The van der Waals surface area contributed by atoms with Crippen LogP contribution >= 0.6 is 27.5 Å². The van der Waals surface area contributed by atoms with E-state index in [-0.39, 0.29) is 5.78 Å². The lowest BCUT2D eigenvalue weighted by atomic mass is 10.2. The van der Waals surface area contributed by atoms with Crippen LogP contribution < -0.4 is 0 Å². The number of rotatable bonds is 5. The Hall–Kier alpha value is -1.24. The summed E-state index contributed by atoms with van der Waals surface area (Å²) in [4.78, 5) is 18.6. The van der Waals surface area contributed by atoms with E-state index in [1.807, 2.05) is 19.0 Å². The summed E-state index contributed by atoms with van der Waals surface area (Å²) < 4.78 is 2.44. The van der Waals surface area contributed by atoms with Gasteiger partial charge in [0, 0.05) is 17.2 Å². The van der Waals surface area contributed by atoms with E-state index in [0.717, 1.165) is 11.0 Å². The minimum atomic E-state index is -0.223. The van der Waals surface area contributed by atoms with Crippen LogP contribution in [-0.2, 0) is 6.54 Å². The molecule has 0 aliphatic rings. The van der Waals surface area contributed by atoms with Crippen molar-refractivity contribution in [3.8, 4) is 0 Å². The van der Waals surface area contributed by atoms with Gasteiger partial charge < -0.3 is 4.90 Å². The highest BCUT2D eigenvalue weighted by Crippen LogP contribution is 2.19. The fraction of sp³-hybridized carbons (Fsp3) is 0.308. The lowest BCUT2D eigenvalue weighted by Gasteiger charge is -2.11. The van der Waals surface area contributed by atoms with Crippen molar-refractivity contribution in [2.75, 3.05) is 20.6 Å². The van der Waals surface area contributed by atoms with E-state index in [1.54, 1.807) is 23.0 Å². The van der Waals surface area contributed by atoms with Gasteiger partial charge in [-0.15, -0.1) is 0 Å². The summed E-state index contributed by atoms with van der Waals surface area (Å²) in [6.45, 7) is 1.36. The van der Waals surface area contributed by atoms with Crippen LogP contribution in [0.25, 0.3) is 0 Å². The number of hydrogen-bond donors (Lipinski definition) is 0. The van der Waals surface area contributed by atoms with Gasteiger partial charge in [-0.05, 0) is 42.2 Å². The molecule has 2 rings (SSSR count). The molecule has 7 heteroatoms. The maximum absolute atomic E-state index is 12.5. The molecule has 0 saturated heterocycles. The number of likely N-dealkylation sites (N-methyl/N-ethyl adjacent to an activating group) is 1. The Labute approximate surface area is 130 Å². The van der Waals surface area contributed by atoms with Crippen LogP contribution in [0.3, 0.4) is 0 Å². The smallest absolute Gasteiger partial charge is 0.230 e. The van der Waals surface area contributed by atoms with Gasteiger partial charge in [0.15, 0.2) is 0 Å². The molecule has 2 aromatic heterocycles. The molecule has 0 bridgehead atoms. The molecule has 106 valence electrons. The minimum absolute atomic E-state index is 0.223. The number of aromatic nitrogens is 3. The lowest BCUT2D eigenvalue weighted by Crippen LogP contribution is -2.22. The minimum Gasteiger partial charge on any atom is -0.308 e. The molecule has 0 atom stereocenters. The molecule has 0 saturated carbocycles. The lowest BCUT2D eigenvalue weighted by molar-refractivity contribution is 0.102. The van der Waals surface area contributed by atoms with Crippen LogP contribution in [0.1, 0.15) is 16.2 Å². The largest absolute Gasteiger partial charge is 0.308 e. The van der Waals surface area contributed by atoms with Gasteiger partial charge in [-0.1, -0.05) is 11.6 Å². The number of ketones is 1. The first-order valence-electron chi connectivity index (χ1n) is 6.01. The summed E-state index contributed by atoms with van der Waals surface area (Å²) in [6, 6.07) is 3.43. The van der Waals surface area contributed by atoms with Gasteiger partial charge in [-0.25, -0.2) is 0 Å². The van der Waals surface area contributed by atoms with Crippen LogP contribution in [0.2, 0.25) is 5.02 Å². The number of carbonyl (C=O) groups excluding carboxylic acids is 1. The van der Waals surface area contributed by atoms with Crippen molar-refractivity contribution in [3.05, 3.63) is 45.4 Å². The molecular formula is C13H14BrClN4O. The van der Waals surface area contributed by atoms with Crippen molar-refractivity contribution >= 4 is 33.3 Å². The third kappa shape index (κ3) is 3.45. The van der Waals surface area contributed by atoms with E-state index < -0.39 is 0 Å². The van der Waals surface area contributed by atoms with Crippen LogP contribution in [0.5, 0.6) is 0 Å². The fourth-order valence-electron chi connectivity index (χ4n) is 1.68. The predicted octanol–water partition coefficient (Wildman–Crippen LogP) is 2.49. The summed E-state index contributed by atoms with van der Waals surface area (Å²) in [5, 5.41) is 4.50. The van der Waals surface area contributed by atoms with Gasteiger partial charge in [0.05, 0.1) is 17.8 Å². The molecule has 0 aromatic carbocycles. The highest BCUT2D eigenvalue weighted by molar-refractivity contribution is 9.10. The average Bonchev–Trinajstić information content (AvgIpc) is 2.77. The Morgan fingerprint density at radius 2 is 2.15 bits per heavy atom. The Balaban J connectivity index is 2.29. The second-order valence-corrected chi connectivity index (χ2v) is 5.88. The first-order valence-corrected chi connectivity index (χ1v) is 7.18. The van der Waals surface area contributed by atoms with Crippen molar-refractivity contribution in [1.82, 2.24) is 19.7 Å². The molecule has 0 fully saturated rings. The third-order valence-electron chi connectivity index (χ3n) is 2.73. The van der Waals surface area contributed by atoms with Crippen molar-refractivity contribution in [3.63, 3.8) is 0 Å². The summed E-state index contributed by atoms with van der Waals surface area (Å²) in [5.74, 6) is -0.223. The number of carbonyl (C=O) groups is 1. The second-order valence-electron chi connectivity index (χ2n) is 4.56. The quantitative estimate of drug-likeness (QED) is 0.772. The van der Waals surface area contributed by atoms with Crippen LogP contribution in [0.4, 0.5) is 0 Å². The molecule has 2 heterocycles. The second kappa shape index (κ2) is 6.47. The topological polar surface area (TPSA) is 51.0 Å². The zero-order valence-electron chi connectivity index (χ0n) is 11.2. The molecule has 2 aromatic rings. The molecule has 0 radical (unpaired) electrons. The summed E-state index contributed by atoms with van der Waals surface area (Å²) in [7, 11) is 3.92. The van der Waals surface area contributed by atoms with Crippen LogP contribution in [0.15, 0.2) is 29.0 Å². The third-order valence-corrected chi connectivity index (χ3v) is 3.47. The van der Waals surface area contributed by atoms with E-state index >= 15 is 0 Å². The van der Waals surface area contributed by atoms with Gasteiger partial charge in [0.25, 0.3) is 0 Å². The highest BCUT2D eigenvalue weighted by Gasteiger charge is 2.20. The molecule has 20 heavy (non-hydrogen) atoms. The molecule has 0 amide bonds. The molecule has 0 N–H and O–H groups in total. The van der Waals surface area contributed by atoms with Crippen molar-refractivity contribution < 1.29 is 4.79 Å². The first kappa shape index (κ1) is 15.2. The zero-order valence-corrected chi connectivity index (χ0v) is 13.5. The van der Waals surface area contributed by atoms with Crippen molar-refractivity contribution in [1.29, 1.82) is 0 Å². The maximum atomic E-state index is 12.5. The molecule has 0 aliphatic carbocycles. The standard InChI is InChI=1S/C13H14BrClN4O/c1-18(2)5-6-19-12(10(15)8-17-19)13(20)11-4-3-9(14)7-16-11/h3-4,7-8H,5-6H2,1-2H3. The van der Waals surface area contributed by atoms with Gasteiger partial charge >= 0.3 is 0 Å². The summed E-state index contributed by atoms with van der Waals surface area (Å²) >= 11 is 9.37. The Bertz CT molecular complexity index is 609. The van der Waals surface area contributed by atoms with E-state index in [2.05, 4.69) is 26.0 Å². The number of hydrogen-bond acceptors (Lipinski definition) is 4. The van der Waals surface area contributed by atoms with E-state index in [1.165, 1.54) is 6.20 Å². The monoisotopic (exact) mass is 356 g/mol. The fourth-order valence-corrected chi connectivity index (χ4v) is 2.15. The van der Waals surface area contributed by atoms with Gasteiger partial charge in [-0.3, -0.25) is 14.5 Å². The normalized spacial score (nSPS) is 11.1. The van der Waals surface area contributed by atoms with Crippen molar-refractivity contribution in [2.45, 2.75) is 6.54 Å². The van der Waals surface area contributed by atoms with Gasteiger partial charge in [0.1, 0.15) is 11.4 Å². The average molecular weight is 358 g/mol. The van der Waals surface area contributed by atoms with Gasteiger partial charge in [0.2, 0.25) is 5.78 Å². The predicted molar refractivity (Wildman–Crippen MR) is 81.2 cm³/mol. The Morgan fingerprint density at radius 1 is 1.40 bits per heavy atom. The molecule has 5 nitrogen and oxygen atoms in total. The van der Waals surface area contributed by atoms with Gasteiger partial charge in [-0.2, -0.15) is 5.10 Å². The SMILES string of the molecule is CN(C)CCn1ncc(Cl)c1C(=O)c1ccc(Br)cn1. The maximum Gasteiger partial charge on any atom is 0.230 e. The summed E-state index contributed by atoms with van der Waals surface area (Å²) in [5.41, 5.74) is 0.727. The van der Waals surface area contributed by atoms with E-state index in [9.17, 15) is 4.79 Å². The van der Waals surface area contributed by atoms with E-state index in [0.29, 0.717) is 23.0 Å².